The first-order valence-corrected chi connectivity index (χ1v) is 6.17. The fourth-order valence-electron chi connectivity index (χ4n) is 3.63. The van der Waals surface area contributed by atoms with Crippen molar-refractivity contribution >= 4 is 11.6 Å². The van der Waals surface area contributed by atoms with Crippen LogP contribution in [0.4, 0.5) is 0 Å². The summed E-state index contributed by atoms with van der Waals surface area (Å²) in [6.07, 6.45) is 7.51. The average Bonchev–Trinajstić information content (AvgIpc) is 2.57. The Morgan fingerprint density at radius 1 is 1.06 bits per heavy atom. The van der Waals surface area contributed by atoms with Crippen molar-refractivity contribution in [1.29, 1.82) is 0 Å². The third-order valence-corrected chi connectivity index (χ3v) is 4.55. The van der Waals surface area contributed by atoms with Gasteiger partial charge in [0.15, 0.2) is 11.6 Å². The van der Waals surface area contributed by atoms with Crippen molar-refractivity contribution in [3.8, 4) is 0 Å². The number of rotatable bonds is 1. The van der Waals surface area contributed by atoms with E-state index in [-0.39, 0.29) is 17.5 Å². The van der Waals surface area contributed by atoms with Gasteiger partial charge in [-0.2, -0.15) is 0 Å². The smallest absolute Gasteiger partial charge is 0.166 e. The van der Waals surface area contributed by atoms with Crippen LogP contribution in [0.3, 0.4) is 0 Å². The minimum absolute atomic E-state index is 0.0405. The number of carbonyl (C=O) groups excluding carboxylic acids is 2. The van der Waals surface area contributed by atoms with Crippen molar-refractivity contribution in [1.82, 2.24) is 5.32 Å². The quantitative estimate of drug-likeness (QED) is 0.671. The first-order valence-electron chi connectivity index (χ1n) is 6.17. The molecule has 1 heterocycles. The van der Waals surface area contributed by atoms with E-state index in [2.05, 4.69) is 5.32 Å². The highest BCUT2D eigenvalue weighted by molar-refractivity contribution is 6.18. The van der Waals surface area contributed by atoms with Gasteiger partial charge < -0.3 is 5.32 Å². The van der Waals surface area contributed by atoms with Crippen molar-refractivity contribution in [2.45, 2.75) is 25.7 Å². The van der Waals surface area contributed by atoms with Gasteiger partial charge in [-0.3, -0.25) is 9.59 Å². The van der Waals surface area contributed by atoms with Crippen LogP contribution >= 0.6 is 0 Å². The largest absolute Gasteiger partial charge is 0.317 e. The molecule has 3 nitrogen and oxygen atoms in total. The van der Waals surface area contributed by atoms with E-state index in [4.69, 9.17) is 0 Å². The second kappa shape index (κ2) is 3.52. The molecule has 1 aliphatic heterocycles. The molecule has 0 radical (unpaired) electrons. The molecular weight excluding hydrogens is 202 g/mol. The first kappa shape index (κ1) is 10.2. The first-order chi connectivity index (χ1) is 7.70. The van der Waals surface area contributed by atoms with E-state index in [0.717, 1.165) is 25.9 Å². The Morgan fingerprint density at radius 2 is 1.62 bits per heavy atom. The predicted molar refractivity (Wildman–Crippen MR) is 59.9 cm³/mol. The summed E-state index contributed by atoms with van der Waals surface area (Å²) in [5.74, 6) is 0.0891. The maximum atomic E-state index is 11.6. The Hall–Kier alpha value is -0.960. The minimum atomic E-state index is -0.319. The highest BCUT2D eigenvalue weighted by Crippen LogP contribution is 2.54. The summed E-state index contributed by atoms with van der Waals surface area (Å²) < 4.78 is 0. The summed E-state index contributed by atoms with van der Waals surface area (Å²) in [6, 6.07) is 0. The van der Waals surface area contributed by atoms with Crippen molar-refractivity contribution in [2.75, 3.05) is 13.1 Å². The van der Waals surface area contributed by atoms with Crippen LogP contribution in [0.15, 0.2) is 12.2 Å². The second-order valence-electron chi connectivity index (χ2n) is 5.53. The monoisotopic (exact) mass is 219 g/mol. The molecule has 0 amide bonds. The summed E-state index contributed by atoms with van der Waals surface area (Å²) in [6.45, 7) is 2.19. The number of hydrogen-bond acceptors (Lipinski definition) is 3. The number of nitrogens with one attached hydrogen (secondary N) is 1. The summed E-state index contributed by atoms with van der Waals surface area (Å²) >= 11 is 0. The standard InChI is InChI=1S/C13H17NO2/c15-10-1-2-11(16)12(10)9-7-13(8-9)3-5-14-6-4-13/h1-2,9,12,14H,3-8H2. The number of hydrogen-bond donors (Lipinski definition) is 1. The third-order valence-electron chi connectivity index (χ3n) is 4.55. The fourth-order valence-corrected chi connectivity index (χ4v) is 3.63. The van der Waals surface area contributed by atoms with Gasteiger partial charge in [-0.05, 0) is 62.3 Å². The molecule has 3 heteroatoms. The SMILES string of the molecule is O=C1C=CC(=O)C1C1CC2(CCNCC2)C1. The van der Waals surface area contributed by atoms with E-state index in [0.29, 0.717) is 11.3 Å². The number of piperidine rings is 1. The molecule has 1 saturated heterocycles. The van der Waals surface area contributed by atoms with Crippen LogP contribution < -0.4 is 5.32 Å². The predicted octanol–water partition coefficient (Wildman–Crippen LogP) is 1.09. The van der Waals surface area contributed by atoms with Crippen molar-refractivity contribution in [3.63, 3.8) is 0 Å². The molecule has 3 aliphatic rings. The van der Waals surface area contributed by atoms with Crippen LogP contribution in [0.5, 0.6) is 0 Å². The Labute approximate surface area is 95.3 Å². The zero-order chi connectivity index (χ0) is 11.2. The van der Waals surface area contributed by atoms with E-state index in [1.165, 1.54) is 25.0 Å². The minimum Gasteiger partial charge on any atom is -0.317 e. The molecule has 1 spiro atoms. The topological polar surface area (TPSA) is 46.2 Å². The Bertz CT molecular complexity index is 340. The zero-order valence-electron chi connectivity index (χ0n) is 9.37. The van der Waals surface area contributed by atoms with Crippen LogP contribution in [-0.2, 0) is 9.59 Å². The molecule has 0 unspecified atom stereocenters. The molecule has 2 fully saturated rings. The lowest BCUT2D eigenvalue weighted by atomic mass is 9.54. The third kappa shape index (κ3) is 1.46. The lowest BCUT2D eigenvalue weighted by Gasteiger charge is -2.51. The molecule has 86 valence electrons. The summed E-state index contributed by atoms with van der Waals surface area (Å²) in [5.41, 5.74) is 0.457. The molecule has 1 N–H and O–H groups in total. The van der Waals surface area contributed by atoms with Gasteiger partial charge in [0.1, 0.15) is 0 Å². The lowest BCUT2D eigenvalue weighted by molar-refractivity contribution is -0.133. The van der Waals surface area contributed by atoms with E-state index >= 15 is 0 Å². The van der Waals surface area contributed by atoms with Crippen LogP contribution in [0.25, 0.3) is 0 Å². The molecule has 2 aliphatic carbocycles. The molecule has 16 heavy (non-hydrogen) atoms. The molecule has 0 aromatic carbocycles. The number of ketones is 2. The van der Waals surface area contributed by atoms with Gasteiger partial charge in [-0.1, -0.05) is 0 Å². The molecule has 0 bridgehead atoms. The Balaban J connectivity index is 1.64. The number of carbonyl (C=O) groups is 2. The maximum Gasteiger partial charge on any atom is 0.166 e. The lowest BCUT2D eigenvalue weighted by Crippen LogP contribution is -2.49. The summed E-state index contributed by atoms with van der Waals surface area (Å²) in [7, 11) is 0. The molecule has 1 saturated carbocycles. The number of allylic oxidation sites excluding steroid dienone is 2. The highest BCUT2D eigenvalue weighted by atomic mass is 16.2. The molecule has 3 rings (SSSR count). The normalized spacial score (nSPS) is 30.0. The van der Waals surface area contributed by atoms with E-state index in [9.17, 15) is 9.59 Å². The van der Waals surface area contributed by atoms with Crippen molar-refractivity contribution in [2.24, 2.45) is 17.3 Å². The van der Waals surface area contributed by atoms with Gasteiger partial charge in [-0.25, -0.2) is 0 Å². The zero-order valence-corrected chi connectivity index (χ0v) is 9.37. The van der Waals surface area contributed by atoms with Crippen LogP contribution in [0, 0.1) is 17.3 Å². The van der Waals surface area contributed by atoms with Gasteiger partial charge in [0, 0.05) is 0 Å². The molecule has 0 atom stereocenters. The van der Waals surface area contributed by atoms with Crippen LogP contribution in [0.2, 0.25) is 0 Å². The summed E-state index contributed by atoms with van der Waals surface area (Å²) in [5, 5.41) is 3.36. The average molecular weight is 219 g/mol. The highest BCUT2D eigenvalue weighted by Gasteiger charge is 2.50. The van der Waals surface area contributed by atoms with E-state index in [1.807, 2.05) is 0 Å². The van der Waals surface area contributed by atoms with Crippen LogP contribution in [-0.4, -0.2) is 24.7 Å². The van der Waals surface area contributed by atoms with Crippen molar-refractivity contribution in [3.05, 3.63) is 12.2 Å². The van der Waals surface area contributed by atoms with Gasteiger partial charge in [0.05, 0.1) is 5.92 Å². The molecule has 0 aromatic heterocycles. The molecule has 0 aromatic rings. The van der Waals surface area contributed by atoms with Gasteiger partial charge >= 0.3 is 0 Å². The fraction of sp³-hybridized carbons (Fsp3) is 0.692. The van der Waals surface area contributed by atoms with E-state index < -0.39 is 0 Å². The van der Waals surface area contributed by atoms with Crippen molar-refractivity contribution < 1.29 is 9.59 Å². The Kier molecular flexibility index (Phi) is 2.25. The van der Waals surface area contributed by atoms with Gasteiger partial charge in [0.2, 0.25) is 0 Å². The second-order valence-corrected chi connectivity index (χ2v) is 5.53. The summed E-state index contributed by atoms with van der Waals surface area (Å²) in [4.78, 5) is 23.1. The molecular formula is C13H17NO2. The van der Waals surface area contributed by atoms with E-state index in [1.54, 1.807) is 0 Å². The van der Waals surface area contributed by atoms with Gasteiger partial charge in [-0.15, -0.1) is 0 Å². The van der Waals surface area contributed by atoms with Crippen LogP contribution in [0.1, 0.15) is 25.7 Å². The Morgan fingerprint density at radius 3 is 2.19 bits per heavy atom. The van der Waals surface area contributed by atoms with Gasteiger partial charge in [0.25, 0.3) is 0 Å². The maximum absolute atomic E-state index is 11.6.